The quantitative estimate of drug-likeness (QED) is 0.227. The predicted octanol–water partition coefficient (Wildman–Crippen LogP) is 6.15. The van der Waals surface area contributed by atoms with Gasteiger partial charge in [-0.1, -0.05) is 24.3 Å². The lowest BCUT2D eigenvalue weighted by molar-refractivity contribution is -0.919. The van der Waals surface area contributed by atoms with Gasteiger partial charge in [-0.05, 0) is 50.2 Å². The summed E-state index contributed by atoms with van der Waals surface area (Å²) in [6.07, 6.45) is 2.13. The van der Waals surface area contributed by atoms with E-state index in [0.717, 1.165) is 69.3 Å². The van der Waals surface area contributed by atoms with Gasteiger partial charge in [0.2, 0.25) is 17.1 Å². The number of ether oxygens (including phenoxy) is 2. The number of pyridine rings is 1. The van der Waals surface area contributed by atoms with Crippen LogP contribution in [0.3, 0.4) is 0 Å². The fourth-order valence-electron chi connectivity index (χ4n) is 5.06. The zero-order valence-corrected chi connectivity index (χ0v) is 22.8. The van der Waals surface area contributed by atoms with Crippen molar-refractivity contribution in [3.8, 4) is 22.8 Å². The number of fused-ring (bicyclic) bond motifs is 2. The molecule has 0 saturated heterocycles. The van der Waals surface area contributed by atoms with Gasteiger partial charge in [0.25, 0.3) is 0 Å². The highest BCUT2D eigenvalue weighted by Crippen LogP contribution is 2.39. The van der Waals surface area contributed by atoms with Crippen molar-refractivity contribution in [2.75, 3.05) is 39.2 Å². The van der Waals surface area contributed by atoms with Crippen LogP contribution >= 0.6 is 0 Å². The number of para-hydroxylation sites is 2. The van der Waals surface area contributed by atoms with Crippen molar-refractivity contribution in [3.05, 3.63) is 89.8 Å². The maximum absolute atomic E-state index is 6.24. The minimum Gasteiger partial charge on any atom is -0.497 e. The molecule has 190 valence electrons. The summed E-state index contributed by atoms with van der Waals surface area (Å²) >= 11 is 0. The lowest BCUT2D eigenvalue weighted by Crippen LogP contribution is -2.42. The maximum atomic E-state index is 6.24. The van der Waals surface area contributed by atoms with Gasteiger partial charge in [-0.15, -0.1) is 0 Å². The normalized spacial score (nSPS) is 14.2. The van der Waals surface area contributed by atoms with Crippen LogP contribution in [0.25, 0.3) is 28.2 Å². The second-order valence-electron chi connectivity index (χ2n) is 10.1. The number of rotatable bonds is 7. The predicted molar refractivity (Wildman–Crippen MR) is 152 cm³/mol. The summed E-state index contributed by atoms with van der Waals surface area (Å²) in [7, 11) is 8.21. The number of nitrogens with zero attached hydrogens (tertiary/aromatic N) is 3. The highest BCUT2D eigenvalue weighted by atomic mass is 16.5. The van der Waals surface area contributed by atoms with Gasteiger partial charge in [0, 0.05) is 41.9 Å². The lowest BCUT2D eigenvalue weighted by atomic mass is 10.0. The average molecular weight is 496 g/mol. The van der Waals surface area contributed by atoms with Crippen molar-refractivity contribution in [2.45, 2.75) is 20.4 Å². The van der Waals surface area contributed by atoms with Crippen LogP contribution in [0.5, 0.6) is 11.5 Å². The molecule has 5 heteroatoms. The van der Waals surface area contributed by atoms with Gasteiger partial charge >= 0.3 is 0 Å². The molecule has 0 N–H and O–H groups in total. The van der Waals surface area contributed by atoms with Crippen LogP contribution in [0.2, 0.25) is 0 Å². The van der Waals surface area contributed by atoms with Gasteiger partial charge in [-0.3, -0.25) is 0 Å². The molecule has 0 spiro atoms. The van der Waals surface area contributed by atoms with Gasteiger partial charge in [-0.25, -0.2) is 0 Å². The Morgan fingerprint density at radius 2 is 1.70 bits per heavy atom. The molecule has 0 unspecified atom stereocenters. The summed E-state index contributed by atoms with van der Waals surface area (Å²) in [5.74, 6) is 2.51. The number of benzene rings is 3. The molecule has 1 aliphatic heterocycles. The first-order chi connectivity index (χ1) is 17.9. The molecule has 0 fully saturated rings. The van der Waals surface area contributed by atoms with E-state index in [1.54, 1.807) is 7.11 Å². The number of aromatic nitrogens is 1. The molecule has 2 heterocycles. The molecule has 5 nitrogen and oxygen atoms in total. The van der Waals surface area contributed by atoms with E-state index in [4.69, 9.17) is 9.47 Å². The third kappa shape index (κ3) is 4.67. The van der Waals surface area contributed by atoms with Gasteiger partial charge < -0.3 is 18.9 Å². The molecule has 5 rings (SSSR count). The van der Waals surface area contributed by atoms with Crippen LogP contribution in [0.15, 0.2) is 78.7 Å². The SMILES string of the molecule is CC[N+](C)(CC)Cc1ccc(-c2cc(/C=C3\Oc4ccccc4N3C)c3cc(OC)ccc3[n+]2C)cc1. The van der Waals surface area contributed by atoms with Crippen LogP contribution in [0.4, 0.5) is 5.69 Å². The van der Waals surface area contributed by atoms with Crippen LogP contribution < -0.4 is 18.9 Å². The van der Waals surface area contributed by atoms with Crippen molar-refractivity contribution in [3.63, 3.8) is 0 Å². The Balaban J connectivity index is 1.60. The summed E-state index contributed by atoms with van der Waals surface area (Å²) in [6, 6.07) is 25.7. The molecule has 1 aromatic heterocycles. The van der Waals surface area contributed by atoms with Crippen LogP contribution in [0.1, 0.15) is 25.0 Å². The van der Waals surface area contributed by atoms with Gasteiger partial charge in [0.05, 0.1) is 38.3 Å². The minimum atomic E-state index is 0.802. The number of aryl methyl sites for hydroxylation is 1. The maximum Gasteiger partial charge on any atom is 0.213 e. The minimum absolute atomic E-state index is 0.802. The Labute approximate surface area is 220 Å². The van der Waals surface area contributed by atoms with Gasteiger partial charge in [0.1, 0.15) is 19.3 Å². The first-order valence-electron chi connectivity index (χ1n) is 13.0. The number of methoxy groups -OCH3 is 1. The van der Waals surface area contributed by atoms with Gasteiger partial charge in [0.15, 0.2) is 5.75 Å². The van der Waals surface area contributed by atoms with Crippen molar-refractivity contribution >= 4 is 22.7 Å². The first-order valence-corrected chi connectivity index (χ1v) is 13.0. The molecule has 0 amide bonds. The van der Waals surface area contributed by atoms with E-state index in [2.05, 4.69) is 92.0 Å². The number of anilines is 1. The molecule has 1 aliphatic rings. The third-order valence-electron chi connectivity index (χ3n) is 7.92. The first kappa shape index (κ1) is 24.8. The Bertz CT molecular complexity index is 1470. The summed E-state index contributed by atoms with van der Waals surface area (Å²) < 4.78 is 15.1. The zero-order chi connectivity index (χ0) is 26.2. The Morgan fingerprint density at radius 1 is 0.973 bits per heavy atom. The largest absolute Gasteiger partial charge is 0.497 e. The summed E-state index contributed by atoms with van der Waals surface area (Å²) in [4.78, 5) is 2.10. The third-order valence-corrected chi connectivity index (χ3v) is 7.92. The molecular weight excluding hydrogens is 458 g/mol. The summed E-state index contributed by atoms with van der Waals surface area (Å²) in [5, 5.41) is 1.11. The number of hydrogen-bond donors (Lipinski definition) is 0. The van der Waals surface area contributed by atoms with Crippen LogP contribution in [0, 0.1) is 0 Å². The molecule has 0 bridgehead atoms. The van der Waals surface area contributed by atoms with E-state index in [1.165, 1.54) is 11.1 Å². The Morgan fingerprint density at radius 3 is 2.38 bits per heavy atom. The van der Waals surface area contributed by atoms with E-state index in [9.17, 15) is 0 Å². The second kappa shape index (κ2) is 9.91. The van der Waals surface area contributed by atoms with Crippen molar-refractivity contribution in [2.24, 2.45) is 7.05 Å². The van der Waals surface area contributed by atoms with E-state index in [1.807, 2.05) is 31.3 Å². The Hall–Kier alpha value is -3.83. The molecule has 3 aromatic carbocycles. The van der Waals surface area contributed by atoms with E-state index in [-0.39, 0.29) is 0 Å². The molecule has 0 radical (unpaired) electrons. The highest BCUT2D eigenvalue weighted by Gasteiger charge is 2.25. The summed E-state index contributed by atoms with van der Waals surface area (Å²) in [6.45, 7) is 7.82. The molecule has 4 aromatic rings. The van der Waals surface area contributed by atoms with Crippen LogP contribution in [-0.2, 0) is 13.6 Å². The molecule has 0 aliphatic carbocycles. The Kier molecular flexibility index (Phi) is 6.65. The fraction of sp³-hybridized carbons (Fsp3) is 0.281. The standard InChI is InChI=1S/C32H37N3O2/c1-7-35(5,8-2)22-23-13-15-24(16-14-23)30-19-25(27-21-26(36-6)17-18-28(27)33(30)3)20-32-34(4)29-11-9-10-12-31(29)37-32/h9-21H,7-8,22H2,1-6H3/q+2. The zero-order valence-electron chi connectivity index (χ0n) is 22.8. The van der Waals surface area contributed by atoms with Crippen molar-refractivity contribution < 1.29 is 18.5 Å². The second-order valence-corrected chi connectivity index (χ2v) is 10.1. The smallest absolute Gasteiger partial charge is 0.213 e. The fourth-order valence-corrected chi connectivity index (χ4v) is 5.06. The molecule has 0 atom stereocenters. The van der Waals surface area contributed by atoms with Crippen molar-refractivity contribution in [1.29, 1.82) is 0 Å². The molecular formula is C32H37N3O2+2. The topological polar surface area (TPSA) is 25.6 Å². The average Bonchev–Trinajstić information content (AvgIpc) is 3.25. The highest BCUT2D eigenvalue weighted by molar-refractivity contribution is 5.90. The van der Waals surface area contributed by atoms with Gasteiger partial charge in [-0.2, -0.15) is 4.57 Å². The lowest BCUT2D eigenvalue weighted by Gasteiger charge is -2.32. The van der Waals surface area contributed by atoms with Crippen LogP contribution in [-0.4, -0.2) is 38.8 Å². The van der Waals surface area contributed by atoms with E-state index >= 15 is 0 Å². The van der Waals surface area contributed by atoms with Crippen molar-refractivity contribution in [1.82, 2.24) is 0 Å². The van der Waals surface area contributed by atoms with E-state index < -0.39 is 0 Å². The monoisotopic (exact) mass is 495 g/mol. The summed E-state index contributed by atoms with van der Waals surface area (Å²) in [5.41, 5.74) is 6.99. The number of hydrogen-bond acceptors (Lipinski definition) is 3. The molecule has 37 heavy (non-hydrogen) atoms. The van der Waals surface area contributed by atoms with E-state index in [0.29, 0.717) is 0 Å². The molecule has 0 saturated carbocycles. The number of quaternary nitrogens is 1.